The molecule has 0 atom stereocenters. The van der Waals surface area contributed by atoms with Crippen LogP contribution in [0.5, 0.6) is 0 Å². The highest BCUT2D eigenvalue weighted by molar-refractivity contribution is 7.15. The number of aromatic nitrogens is 4. The minimum Gasteiger partial charge on any atom is -0.304 e. The zero-order chi connectivity index (χ0) is 13.4. The number of hydrogen-bond acceptors (Lipinski definition) is 5. The summed E-state index contributed by atoms with van der Waals surface area (Å²) in [5, 5.41) is 21.8. The fraction of sp³-hybridized carbons (Fsp3) is 0.455. The van der Waals surface area contributed by atoms with Crippen LogP contribution in [0.2, 0.25) is 0 Å². The molecule has 0 aliphatic heterocycles. The van der Waals surface area contributed by atoms with E-state index in [1.807, 2.05) is 13.8 Å². The lowest BCUT2D eigenvalue weighted by molar-refractivity contribution is 0.262. The van der Waals surface area contributed by atoms with Gasteiger partial charge in [-0.15, -0.1) is 10.2 Å². The van der Waals surface area contributed by atoms with Gasteiger partial charge in [0.1, 0.15) is 5.01 Å². The van der Waals surface area contributed by atoms with Gasteiger partial charge in [0.05, 0.1) is 17.1 Å². The zero-order valence-electron chi connectivity index (χ0n) is 10.6. The lowest BCUT2D eigenvalue weighted by Crippen LogP contribution is -2.20. The van der Waals surface area contributed by atoms with Crippen molar-refractivity contribution in [2.45, 2.75) is 32.6 Å². The Morgan fingerprint density at radius 1 is 1.32 bits per heavy atom. The van der Waals surface area contributed by atoms with Gasteiger partial charge in [-0.2, -0.15) is 5.10 Å². The molecule has 1 saturated carbocycles. The third-order valence-corrected chi connectivity index (χ3v) is 3.96. The monoisotopic (exact) mass is 278 g/mol. The predicted octanol–water partition coefficient (Wildman–Crippen LogP) is 2.40. The molecular formula is C11H14N6OS. The maximum Gasteiger partial charge on any atom is 0.325 e. The summed E-state index contributed by atoms with van der Waals surface area (Å²) in [6.45, 7) is 3.68. The molecule has 1 aliphatic rings. The summed E-state index contributed by atoms with van der Waals surface area (Å²) < 4.78 is 0. The number of aryl methyl sites for hydroxylation is 2. The smallest absolute Gasteiger partial charge is 0.304 e. The number of anilines is 2. The molecule has 0 aromatic carbocycles. The molecule has 7 nitrogen and oxygen atoms in total. The quantitative estimate of drug-likeness (QED) is 0.803. The number of nitrogens with one attached hydrogen (secondary N) is 3. The van der Waals surface area contributed by atoms with Crippen LogP contribution in [0.4, 0.5) is 15.6 Å². The maximum absolute atomic E-state index is 11.9. The number of urea groups is 1. The van der Waals surface area contributed by atoms with Crippen molar-refractivity contribution in [3.63, 3.8) is 0 Å². The van der Waals surface area contributed by atoms with Crippen LogP contribution in [-0.2, 0) is 0 Å². The molecule has 2 aromatic rings. The molecule has 2 aromatic heterocycles. The summed E-state index contributed by atoms with van der Waals surface area (Å²) in [5.74, 6) is 0.550. The van der Waals surface area contributed by atoms with Gasteiger partial charge >= 0.3 is 6.03 Å². The second kappa shape index (κ2) is 4.61. The van der Waals surface area contributed by atoms with Gasteiger partial charge < -0.3 is 5.32 Å². The van der Waals surface area contributed by atoms with Crippen LogP contribution in [0.3, 0.4) is 0 Å². The van der Waals surface area contributed by atoms with Gasteiger partial charge in [0.15, 0.2) is 0 Å². The van der Waals surface area contributed by atoms with Crippen molar-refractivity contribution >= 4 is 28.2 Å². The largest absolute Gasteiger partial charge is 0.325 e. The number of nitrogens with zero attached hydrogens (tertiary/aromatic N) is 3. The molecule has 3 rings (SSSR count). The summed E-state index contributed by atoms with van der Waals surface area (Å²) in [6.07, 6.45) is 2.35. The molecule has 0 radical (unpaired) electrons. The Kier molecular flexibility index (Phi) is 2.94. The van der Waals surface area contributed by atoms with Gasteiger partial charge in [0.25, 0.3) is 0 Å². The zero-order valence-corrected chi connectivity index (χ0v) is 11.5. The summed E-state index contributed by atoms with van der Waals surface area (Å²) >= 11 is 1.44. The van der Waals surface area contributed by atoms with Gasteiger partial charge in [0.2, 0.25) is 5.13 Å². The standard InChI is InChI=1S/C11H14N6OS/c1-5-8(6(2)15-14-5)12-10(18)13-11-17-16-9(19-11)7-3-4-7/h7H,3-4H2,1-2H3,(H,14,15)(H2,12,13,17,18). The minimum atomic E-state index is -0.328. The lowest BCUT2D eigenvalue weighted by Gasteiger charge is -2.04. The lowest BCUT2D eigenvalue weighted by atomic mass is 10.3. The first kappa shape index (κ1) is 12.1. The van der Waals surface area contributed by atoms with Crippen LogP contribution < -0.4 is 10.6 Å². The van der Waals surface area contributed by atoms with Crippen LogP contribution in [0.15, 0.2) is 0 Å². The molecule has 1 aliphatic carbocycles. The van der Waals surface area contributed by atoms with Crippen LogP contribution in [-0.4, -0.2) is 26.4 Å². The second-order valence-corrected chi connectivity index (χ2v) is 5.62. The highest BCUT2D eigenvalue weighted by atomic mass is 32.1. The molecule has 19 heavy (non-hydrogen) atoms. The molecule has 3 N–H and O–H groups in total. The fourth-order valence-electron chi connectivity index (χ4n) is 1.76. The molecule has 0 bridgehead atoms. The van der Waals surface area contributed by atoms with Crippen LogP contribution in [0, 0.1) is 13.8 Å². The third-order valence-electron chi connectivity index (χ3n) is 2.95. The van der Waals surface area contributed by atoms with Crippen molar-refractivity contribution < 1.29 is 4.79 Å². The predicted molar refractivity (Wildman–Crippen MR) is 72.6 cm³/mol. The van der Waals surface area contributed by atoms with Gasteiger partial charge in [-0.1, -0.05) is 11.3 Å². The van der Waals surface area contributed by atoms with Crippen LogP contribution >= 0.6 is 11.3 Å². The van der Waals surface area contributed by atoms with Crippen molar-refractivity contribution in [2.24, 2.45) is 0 Å². The van der Waals surface area contributed by atoms with Gasteiger partial charge in [-0.25, -0.2) is 4.79 Å². The first-order valence-corrected chi connectivity index (χ1v) is 6.88. The molecule has 8 heteroatoms. The van der Waals surface area contributed by atoms with Crippen molar-refractivity contribution in [1.29, 1.82) is 0 Å². The van der Waals surface area contributed by atoms with E-state index in [0.29, 0.717) is 16.7 Å². The molecular weight excluding hydrogens is 264 g/mol. The van der Waals surface area contributed by atoms with Gasteiger partial charge in [-0.3, -0.25) is 10.4 Å². The molecule has 2 heterocycles. The van der Waals surface area contributed by atoms with Crippen molar-refractivity contribution in [1.82, 2.24) is 20.4 Å². The van der Waals surface area contributed by atoms with E-state index >= 15 is 0 Å². The Balaban J connectivity index is 1.64. The van der Waals surface area contributed by atoms with Crippen LogP contribution in [0.25, 0.3) is 0 Å². The highest BCUT2D eigenvalue weighted by Crippen LogP contribution is 2.42. The number of amides is 2. The summed E-state index contributed by atoms with van der Waals surface area (Å²) in [5.41, 5.74) is 2.27. The first-order chi connectivity index (χ1) is 9.13. The van der Waals surface area contributed by atoms with Crippen LogP contribution in [0.1, 0.15) is 35.2 Å². The fourth-order valence-corrected chi connectivity index (χ4v) is 2.66. The number of H-pyrrole nitrogens is 1. The van der Waals surface area contributed by atoms with Gasteiger partial charge in [0, 0.05) is 5.92 Å². The average Bonchev–Trinajstić information content (AvgIpc) is 3.06. The number of carbonyl (C=O) groups excluding carboxylic acids is 1. The third kappa shape index (κ3) is 2.58. The Hall–Kier alpha value is -1.96. The average molecular weight is 278 g/mol. The number of rotatable bonds is 3. The number of carbonyl (C=O) groups is 1. The molecule has 1 fully saturated rings. The summed E-state index contributed by atoms with van der Waals surface area (Å²) in [4.78, 5) is 11.9. The topological polar surface area (TPSA) is 95.6 Å². The minimum absolute atomic E-state index is 0.328. The van der Waals surface area contributed by atoms with E-state index in [4.69, 9.17) is 0 Å². The molecule has 0 spiro atoms. The Labute approximate surface area is 113 Å². The number of hydrogen-bond donors (Lipinski definition) is 3. The Morgan fingerprint density at radius 3 is 2.74 bits per heavy atom. The van der Waals surface area contributed by atoms with E-state index in [-0.39, 0.29) is 6.03 Å². The van der Waals surface area contributed by atoms with Crippen molar-refractivity contribution in [2.75, 3.05) is 10.6 Å². The molecule has 100 valence electrons. The van der Waals surface area contributed by atoms with Gasteiger partial charge in [-0.05, 0) is 26.7 Å². The molecule has 2 amide bonds. The second-order valence-electron chi connectivity index (χ2n) is 4.61. The Bertz CT molecular complexity index is 595. The maximum atomic E-state index is 11.9. The Morgan fingerprint density at radius 2 is 2.11 bits per heavy atom. The highest BCUT2D eigenvalue weighted by Gasteiger charge is 2.27. The first-order valence-electron chi connectivity index (χ1n) is 6.06. The summed E-state index contributed by atoms with van der Waals surface area (Å²) in [7, 11) is 0. The normalized spacial score (nSPS) is 14.4. The van der Waals surface area contributed by atoms with E-state index in [9.17, 15) is 4.79 Å². The molecule has 0 unspecified atom stereocenters. The molecule has 0 saturated heterocycles. The van der Waals surface area contributed by atoms with Crippen molar-refractivity contribution in [3.05, 3.63) is 16.4 Å². The summed E-state index contributed by atoms with van der Waals surface area (Å²) in [6, 6.07) is -0.328. The van der Waals surface area contributed by atoms with Crippen molar-refractivity contribution in [3.8, 4) is 0 Å². The van der Waals surface area contributed by atoms with E-state index in [2.05, 4.69) is 31.0 Å². The van der Waals surface area contributed by atoms with E-state index in [1.165, 1.54) is 24.2 Å². The van der Waals surface area contributed by atoms with E-state index in [0.717, 1.165) is 16.4 Å². The number of aromatic amines is 1. The van der Waals surface area contributed by atoms with E-state index in [1.54, 1.807) is 0 Å². The SMILES string of the molecule is Cc1n[nH]c(C)c1NC(=O)Nc1nnc(C2CC2)s1. The van der Waals surface area contributed by atoms with E-state index < -0.39 is 0 Å².